The van der Waals surface area contributed by atoms with Crippen LogP contribution in [0.2, 0.25) is 0 Å². The number of aromatic nitrogens is 2. The molecule has 2 aromatic rings. The molecule has 2 heterocycles. The number of nitrogens with zero attached hydrogens (tertiary/aromatic N) is 1. The van der Waals surface area contributed by atoms with Crippen molar-refractivity contribution < 1.29 is 9.53 Å². The third-order valence-corrected chi connectivity index (χ3v) is 4.27. The Morgan fingerprint density at radius 1 is 1.00 bits per heavy atom. The van der Waals surface area contributed by atoms with Crippen LogP contribution in [0.5, 0.6) is 0 Å². The summed E-state index contributed by atoms with van der Waals surface area (Å²) < 4.78 is 5.03. The second kappa shape index (κ2) is 8.32. The molecule has 4 nitrogen and oxygen atoms in total. The Hall–Kier alpha value is -3.40. The molecule has 0 aromatic carbocycles. The Kier molecular flexibility index (Phi) is 5.67. The van der Waals surface area contributed by atoms with Crippen molar-refractivity contribution in [2.45, 2.75) is 13.8 Å². The summed E-state index contributed by atoms with van der Waals surface area (Å²) in [6, 6.07) is 1.82. The number of carbonyl (C=O) groups excluding carboxylic acids is 1. The summed E-state index contributed by atoms with van der Waals surface area (Å²) in [5, 5.41) is 0.794. The zero-order valence-electron chi connectivity index (χ0n) is 15.7. The average molecular weight is 358 g/mol. The number of rotatable bonds is 2. The van der Waals surface area contributed by atoms with Crippen LogP contribution in [0.1, 0.15) is 29.9 Å². The van der Waals surface area contributed by atoms with Crippen LogP contribution in [0.3, 0.4) is 0 Å². The number of aromatic amines is 1. The van der Waals surface area contributed by atoms with Gasteiger partial charge >= 0.3 is 5.97 Å². The fraction of sp³-hybridized carbons (Fsp3) is 0.130. The highest BCUT2D eigenvalue weighted by atomic mass is 16.5. The van der Waals surface area contributed by atoms with E-state index in [9.17, 15) is 4.79 Å². The molecule has 0 atom stereocenters. The van der Waals surface area contributed by atoms with Crippen LogP contribution in [0.25, 0.3) is 16.5 Å². The predicted molar refractivity (Wildman–Crippen MR) is 110 cm³/mol. The molecule has 0 radical (unpaired) electrons. The molecule has 27 heavy (non-hydrogen) atoms. The van der Waals surface area contributed by atoms with E-state index < -0.39 is 0 Å². The van der Waals surface area contributed by atoms with Crippen LogP contribution >= 0.6 is 0 Å². The van der Waals surface area contributed by atoms with Crippen molar-refractivity contribution in [2.75, 3.05) is 7.11 Å². The maximum atomic E-state index is 12.5. The van der Waals surface area contributed by atoms with Gasteiger partial charge in [0, 0.05) is 11.6 Å². The number of methoxy groups -OCH3 is 1. The van der Waals surface area contributed by atoms with Gasteiger partial charge in [-0.25, -0.2) is 4.79 Å². The minimum atomic E-state index is -0.377. The minimum Gasteiger partial charge on any atom is -0.465 e. The Labute approximate surface area is 159 Å². The molecule has 3 rings (SSSR count). The smallest absolute Gasteiger partial charge is 0.340 e. The summed E-state index contributed by atoms with van der Waals surface area (Å²) in [5.41, 5.74) is 5.16. The molecule has 0 amide bonds. The van der Waals surface area contributed by atoms with Gasteiger partial charge in [0.05, 0.1) is 30.1 Å². The lowest BCUT2D eigenvalue weighted by molar-refractivity contribution is 0.0602. The molecule has 0 bridgehead atoms. The van der Waals surface area contributed by atoms with Gasteiger partial charge in [0.25, 0.3) is 0 Å². The summed E-state index contributed by atoms with van der Waals surface area (Å²) >= 11 is 0. The molecule has 1 aliphatic rings. The summed E-state index contributed by atoms with van der Waals surface area (Å²) in [6.07, 6.45) is 21.5. The molecular weight excluding hydrogens is 336 g/mol. The number of esters is 1. The molecule has 1 N–H and O–H groups in total. The largest absolute Gasteiger partial charge is 0.465 e. The minimum absolute atomic E-state index is 0.377. The first-order chi connectivity index (χ1) is 13.1. The van der Waals surface area contributed by atoms with Gasteiger partial charge in [-0.1, -0.05) is 65.8 Å². The lowest BCUT2D eigenvalue weighted by Crippen LogP contribution is -2.03. The van der Waals surface area contributed by atoms with Crippen LogP contribution < -0.4 is 0 Å². The van der Waals surface area contributed by atoms with Crippen molar-refractivity contribution in [1.29, 1.82) is 0 Å². The molecular formula is C23H22N2O2. The van der Waals surface area contributed by atoms with Crippen LogP contribution in [-0.4, -0.2) is 23.0 Å². The van der Waals surface area contributed by atoms with Crippen LogP contribution in [0.4, 0.5) is 0 Å². The second-order valence-electron chi connectivity index (χ2n) is 6.31. The summed E-state index contributed by atoms with van der Waals surface area (Å²) in [4.78, 5) is 19.9. The lowest BCUT2D eigenvalue weighted by atomic mass is 10.0. The van der Waals surface area contributed by atoms with E-state index in [-0.39, 0.29) is 5.97 Å². The van der Waals surface area contributed by atoms with E-state index in [2.05, 4.69) is 23.0 Å². The first-order valence-corrected chi connectivity index (χ1v) is 8.73. The van der Waals surface area contributed by atoms with Gasteiger partial charge in [0.2, 0.25) is 0 Å². The zero-order valence-corrected chi connectivity index (χ0v) is 15.7. The number of H-pyrrole nitrogens is 1. The predicted octanol–water partition coefficient (Wildman–Crippen LogP) is 5.31. The Morgan fingerprint density at radius 2 is 1.74 bits per heavy atom. The van der Waals surface area contributed by atoms with Crippen molar-refractivity contribution in [3.8, 4) is 0 Å². The van der Waals surface area contributed by atoms with E-state index in [1.165, 1.54) is 7.11 Å². The third-order valence-electron chi connectivity index (χ3n) is 4.27. The third kappa shape index (κ3) is 4.23. The molecule has 0 unspecified atom stereocenters. The summed E-state index contributed by atoms with van der Waals surface area (Å²) in [6.45, 7) is 4.09. The van der Waals surface area contributed by atoms with Gasteiger partial charge in [-0.3, -0.25) is 4.98 Å². The normalized spacial score (nSPS) is 14.9. The number of nitrogens with one attached hydrogen (secondary N) is 1. The topological polar surface area (TPSA) is 55.0 Å². The van der Waals surface area contributed by atoms with Crippen molar-refractivity contribution in [1.82, 2.24) is 9.97 Å². The van der Waals surface area contributed by atoms with E-state index in [0.717, 1.165) is 27.6 Å². The first-order valence-electron chi connectivity index (χ1n) is 8.73. The van der Waals surface area contributed by atoms with Crippen LogP contribution in [0, 0.1) is 0 Å². The van der Waals surface area contributed by atoms with Gasteiger partial charge < -0.3 is 9.72 Å². The average Bonchev–Trinajstić information content (AvgIpc) is 3.05. The lowest BCUT2D eigenvalue weighted by Gasteiger charge is -2.04. The summed E-state index contributed by atoms with van der Waals surface area (Å²) in [5.74, 6) is -0.377. The monoisotopic (exact) mass is 358 g/mol. The molecule has 0 spiro atoms. The molecule has 0 fully saturated rings. The molecule has 0 saturated heterocycles. The van der Waals surface area contributed by atoms with Gasteiger partial charge in [0.15, 0.2) is 0 Å². The fourth-order valence-corrected chi connectivity index (χ4v) is 2.85. The number of carbonyl (C=O) groups is 1. The van der Waals surface area contributed by atoms with Crippen molar-refractivity contribution in [3.63, 3.8) is 0 Å². The van der Waals surface area contributed by atoms with E-state index in [1.54, 1.807) is 12.4 Å². The highest BCUT2D eigenvalue weighted by molar-refractivity contribution is 6.09. The Bertz CT molecular complexity index is 1040. The highest BCUT2D eigenvalue weighted by Gasteiger charge is 2.20. The van der Waals surface area contributed by atoms with Crippen LogP contribution in [-0.2, 0) is 4.74 Å². The molecule has 136 valence electrons. The zero-order chi connectivity index (χ0) is 19.2. The summed E-state index contributed by atoms with van der Waals surface area (Å²) in [7, 11) is 1.39. The van der Waals surface area contributed by atoms with Crippen molar-refractivity contribution in [2.24, 2.45) is 0 Å². The van der Waals surface area contributed by atoms with E-state index in [0.29, 0.717) is 11.3 Å². The standard InChI is InChI=1S/C23H22N2O2/c1-16-7-4-5-10-18(12-11-17(2)9-6-8-16)22-21(23(26)27-3)19-13-14-24-15-20(19)25-22/h4-15,25H,1-3H3. The van der Waals surface area contributed by atoms with Crippen molar-refractivity contribution in [3.05, 3.63) is 95.5 Å². The van der Waals surface area contributed by atoms with Gasteiger partial charge in [-0.2, -0.15) is 0 Å². The molecule has 0 saturated carbocycles. The highest BCUT2D eigenvalue weighted by Crippen LogP contribution is 2.29. The molecule has 1 aliphatic carbocycles. The SMILES string of the molecule is COC(=O)c1c(C2=CC=C(C)C=CC=C(C)C=CC=C2)[nH]c2cnccc12. The quantitative estimate of drug-likeness (QED) is 0.740. The fourth-order valence-electron chi connectivity index (χ4n) is 2.85. The van der Waals surface area contributed by atoms with Crippen molar-refractivity contribution >= 4 is 22.4 Å². The van der Waals surface area contributed by atoms with E-state index in [4.69, 9.17) is 4.74 Å². The molecule has 2 aromatic heterocycles. The maximum absolute atomic E-state index is 12.5. The van der Waals surface area contributed by atoms with E-state index >= 15 is 0 Å². The Morgan fingerprint density at radius 3 is 2.56 bits per heavy atom. The number of hydrogen-bond acceptors (Lipinski definition) is 3. The first kappa shape index (κ1) is 18.4. The number of allylic oxidation sites excluding steroid dienone is 12. The number of hydrogen-bond donors (Lipinski definition) is 1. The maximum Gasteiger partial charge on any atom is 0.340 e. The van der Waals surface area contributed by atoms with Crippen LogP contribution in [0.15, 0.2) is 84.3 Å². The molecule has 0 aliphatic heterocycles. The second-order valence-corrected chi connectivity index (χ2v) is 6.31. The number of pyridine rings is 1. The number of ether oxygens (including phenoxy) is 1. The number of fused-ring (bicyclic) bond motifs is 1. The molecule has 4 heteroatoms. The Balaban J connectivity index is 2.19. The van der Waals surface area contributed by atoms with Gasteiger partial charge in [-0.05, 0) is 25.5 Å². The van der Waals surface area contributed by atoms with Gasteiger partial charge in [0.1, 0.15) is 0 Å². The van der Waals surface area contributed by atoms with Gasteiger partial charge in [-0.15, -0.1) is 0 Å². The van der Waals surface area contributed by atoms with E-state index in [1.807, 2.05) is 61.6 Å².